The maximum absolute atomic E-state index is 9.08. The maximum Gasteiger partial charge on any atom is 0.0434 e. The third-order valence-electron chi connectivity index (χ3n) is 4.49. The SMILES string of the molecule is CCC(CCO)CNC1c2cc(C)ccc2CC1C. The number of hydrogen-bond donors (Lipinski definition) is 2. The number of rotatable bonds is 6. The van der Waals surface area contributed by atoms with Gasteiger partial charge < -0.3 is 10.4 Å². The van der Waals surface area contributed by atoms with Crippen molar-refractivity contribution in [2.75, 3.05) is 13.2 Å². The van der Waals surface area contributed by atoms with Gasteiger partial charge in [0.05, 0.1) is 0 Å². The number of aryl methyl sites for hydroxylation is 1. The first-order valence-electron chi connectivity index (χ1n) is 7.59. The second-order valence-electron chi connectivity index (χ2n) is 6.06. The number of aliphatic hydroxyl groups excluding tert-OH is 1. The van der Waals surface area contributed by atoms with Crippen LogP contribution >= 0.6 is 0 Å². The van der Waals surface area contributed by atoms with Crippen molar-refractivity contribution in [3.05, 3.63) is 34.9 Å². The summed E-state index contributed by atoms with van der Waals surface area (Å²) in [6.07, 6.45) is 3.23. The molecule has 3 unspecified atom stereocenters. The average Bonchev–Trinajstić information content (AvgIpc) is 2.70. The van der Waals surface area contributed by atoms with Crippen LogP contribution in [0.5, 0.6) is 0 Å². The zero-order valence-corrected chi connectivity index (χ0v) is 12.4. The van der Waals surface area contributed by atoms with Crippen LogP contribution in [0.1, 0.15) is 49.4 Å². The molecule has 1 aliphatic carbocycles. The van der Waals surface area contributed by atoms with Gasteiger partial charge in [-0.05, 0) is 49.3 Å². The normalized spacial score (nSPS) is 23.4. The number of fused-ring (bicyclic) bond motifs is 1. The van der Waals surface area contributed by atoms with Gasteiger partial charge in [-0.25, -0.2) is 0 Å². The van der Waals surface area contributed by atoms with E-state index in [0.717, 1.165) is 19.4 Å². The van der Waals surface area contributed by atoms with Crippen molar-refractivity contribution < 1.29 is 5.11 Å². The van der Waals surface area contributed by atoms with E-state index in [-0.39, 0.29) is 0 Å². The molecule has 0 saturated carbocycles. The molecule has 2 heteroatoms. The van der Waals surface area contributed by atoms with Crippen LogP contribution in [0, 0.1) is 18.8 Å². The molecule has 1 aromatic rings. The zero-order chi connectivity index (χ0) is 13.8. The maximum atomic E-state index is 9.08. The molecule has 0 saturated heterocycles. The van der Waals surface area contributed by atoms with Crippen LogP contribution in [0.4, 0.5) is 0 Å². The molecule has 0 bridgehead atoms. The highest BCUT2D eigenvalue weighted by atomic mass is 16.3. The summed E-state index contributed by atoms with van der Waals surface area (Å²) in [6, 6.07) is 7.33. The Labute approximate surface area is 117 Å². The van der Waals surface area contributed by atoms with Crippen molar-refractivity contribution in [1.29, 1.82) is 0 Å². The molecule has 0 aromatic heterocycles. The molecular weight excluding hydrogens is 234 g/mol. The topological polar surface area (TPSA) is 32.3 Å². The molecule has 3 atom stereocenters. The van der Waals surface area contributed by atoms with Crippen LogP contribution in [0.2, 0.25) is 0 Å². The first-order chi connectivity index (χ1) is 9.15. The van der Waals surface area contributed by atoms with Gasteiger partial charge in [-0.1, -0.05) is 44.0 Å². The van der Waals surface area contributed by atoms with Crippen molar-refractivity contribution >= 4 is 0 Å². The predicted octanol–water partition coefficient (Wildman–Crippen LogP) is 3.23. The number of hydrogen-bond acceptors (Lipinski definition) is 2. The molecule has 2 N–H and O–H groups in total. The van der Waals surface area contributed by atoms with E-state index >= 15 is 0 Å². The second-order valence-corrected chi connectivity index (χ2v) is 6.06. The molecule has 0 fully saturated rings. The van der Waals surface area contributed by atoms with Gasteiger partial charge in [0.1, 0.15) is 0 Å². The summed E-state index contributed by atoms with van der Waals surface area (Å²) in [5, 5.41) is 12.8. The summed E-state index contributed by atoms with van der Waals surface area (Å²) < 4.78 is 0. The Balaban J connectivity index is 2.03. The highest BCUT2D eigenvalue weighted by Crippen LogP contribution is 2.36. The van der Waals surface area contributed by atoms with E-state index in [1.807, 2.05) is 0 Å². The summed E-state index contributed by atoms with van der Waals surface area (Å²) in [4.78, 5) is 0. The molecule has 0 heterocycles. The van der Waals surface area contributed by atoms with Gasteiger partial charge in [-0.3, -0.25) is 0 Å². The molecule has 0 aliphatic heterocycles. The average molecular weight is 261 g/mol. The predicted molar refractivity (Wildman–Crippen MR) is 80.3 cm³/mol. The highest BCUT2D eigenvalue weighted by molar-refractivity contribution is 5.38. The van der Waals surface area contributed by atoms with Gasteiger partial charge in [0, 0.05) is 12.6 Å². The van der Waals surface area contributed by atoms with Gasteiger partial charge in [0.2, 0.25) is 0 Å². The van der Waals surface area contributed by atoms with E-state index in [9.17, 15) is 0 Å². The van der Waals surface area contributed by atoms with Crippen LogP contribution < -0.4 is 5.32 Å². The van der Waals surface area contributed by atoms with Gasteiger partial charge in [-0.2, -0.15) is 0 Å². The fourth-order valence-corrected chi connectivity index (χ4v) is 3.20. The van der Waals surface area contributed by atoms with Crippen LogP contribution in [-0.2, 0) is 6.42 Å². The molecular formula is C17H27NO. The Morgan fingerprint density at radius 1 is 1.42 bits per heavy atom. The molecule has 2 rings (SSSR count). The lowest BCUT2D eigenvalue weighted by Crippen LogP contribution is -2.29. The minimum absolute atomic E-state index is 0.302. The van der Waals surface area contributed by atoms with Gasteiger partial charge in [0.25, 0.3) is 0 Å². The van der Waals surface area contributed by atoms with E-state index in [1.54, 1.807) is 0 Å². The third-order valence-corrected chi connectivity index (χ3v) is 4.49. The molecule has 19 heavy (non-hydrogen) atoms. The van der Waals surface area contributed by atoms with Gasteiger partial charge in [-0.15, -0.1) is 0 Å². The summed E-state index contributed by atoms with van der Waals surface area (Å²) in [5.74, 6) is 1.26. The third kappa shape index (κ3) is 3.37. The minimum Gasteiger partial charge on any atom is -0.396 e. The fourth-order valence-electron chi connectivity index (χ4n) is 3.20. The monoisotopic (exact) mass is 261 g/mol. The Bertz CT molecular complexity index is 416. The Morgan fingerprint density at radius 2 is 2.21 bits per heavy atom. The lowest BCUT2D eigenvalue weighted by Gasteiger charge is -2.22. The van der Waals surface area contributed by atoms with Gasteiger partial charge >= 0.3 is 0 Å². The van der Waals surface area contributed by atoms with Crippen molar-refractivity contribution in [2.24, 2.45) is 11.8 Å². The lowest BCUT2D eigenvalue weighted by molar-refractivity contribution is 0.245. The first-order valence-corrected chi connectivity index (χ1v) is 7.59. The van der Waals surface area contributed by atoms with Gasteiger partial charge in [0.15, 0.2) is 0 Å². The van der Waals surface area contributed by atoms with Crippen molar-refractivity contribution in [3.8, 4) is 0 Å². The van der Waals surface area contributed by atoms with E-state index in [1.165, 1.54) is 23.1 Å². The summed E-state index contributed by atoms with van der Waals surface area (Å²) in [5.41, 5.74) is 4.35. The molecule has 0 spiro atoms. The lowest BCUT2D eigenvalue weighted by atomic mass is 9.98. The summed E-state index contributed by atoms with van der Waals surface area (Å²) in [7, 11) is 0. The Morgan fingerprint density at radius 3 is 2.89 bits per heavy atom. The molecule has 1 aromatic carbocycles. The summed E-state index contributed by atoms with van der Waals surface area (Å²) >= 11 is 0. The van der Waals surface area contributed by atoms with Crippen LogP contribution in [-0.4, -0.2) is 18.3 Å². The fraction of sp³-hybridized carbons (Fsp3) is 0.647. The number of benzene rings is 1. The first kappa shape index (κ1) is 14.5. The van der Waals surface area contributed by atoms with E-state index in [2.05, 4.69) is 44.3 Å². The quantitative estimate of drug-likeness (QED) is 0.824. The van der Waals surface area contributed by atoms with E-state index < -0.39 is 0 Å². The van der Waals surface area contributed by atoms with Crippen LogP contribution in [0.25, 0.3) is 0 Å². The largest absolute Gasteiger partial charge is 0.396 e. The second kappa shape index (κ2) is 6.53. The number of aliphatic hydroxyl groups is 1. The standard InChI is InChI=1S/C17H27NO/c1-4-14(7-8-19)11-18-17-13(3)10-15-6-5-12(2)9-16(15)17/h5-6,9,13-14,17-19H,4,7-8,10-11H2,1-3H3. The summed E-state index contributed by atoms with van der Waals surface area (Å²) in [6.45, 7) is 8.02. The van der Waals surface area contributed by atoms with Crippen molar-refractivity contribution in [3.63, 3.8) is 0 Å². The van der Waals surface area contributed by atoms with Crippen molar-refractivity contribution in [2.45, 2.75) is 46.1 Å². The molecule has 1 aliphatic rings. The van der Waals surface area contributed by atoms with Crippen molar-refractivity contribution in [1.82, 2.24) is 5.32 Å². The highest BCUT2D eigenvalue weighted by Gasteiger charge is 2.29. The van der Waals surface area contributed by atoms with E-state index in [0.29, 0.717) is 24.5 Å². The van der Waals surface area contributed by atoms with Crippen LogP contribution in [0.3, 0.4) is 0 Å². The minimum atomic E-state index is 0.302. The van der Waals surface area contributed by atoms with E-state index in [4.69, 9.17) is 5.11 Å². The Kier molecular flexibility index (Phi) is 5.00. The van der Waals surface area contributed by atoms with Crippen LogP contribution in [0.15, 0.2) is 18.2 Å². The molecule has 0 radical (unpaired) electrons. The number of nitrogens with one attached hydrogen (secondary N) is 1. The molecule has 0 amide bonds. The zero-order valence-electron chi connectivity index (χ0n) is 12.4. The smallest absolute Gasteiger partial charge is 0.0434 e. The Hall–Kier alpha value is -0.860. The molecule has 2 nitrogen and oxygen atoms in total. The molecule has 106 valence electrons.